The molecule has 2 aromatic rings. The molecule has 0 saturated carbocycles. The van der Waals surface area contributed by atoms with Gasteiger partial charge in [-0.2, -0.15) is 0 Å². The van der Waals surface area contributed by atoms with Crippen LogP contribution in [0.3, 0.4) is 0 Å². The highest BCUT2D eigenvalue weighted by Crippen LogP contribution is 2.17. The van der Waals surface area contributed by atoms with Gasteiger partial charge in [0.1, 0.15) is 4.64 Å². The van der Waals surface area contributed by atoms with Crippen molar-refractivity contribution in [3.63, 3.8) is 0 Å². The number of carbonyl (C=O) groups is 1. The summed E-state index contributed by atoms with van der Waals surface area (Å²) in [4.78, 5) is 14.0. The molecule has 1 aromatic heterocycles. The van der Waals surface area contributed by atoms with Gasteiger partial charge in [-0.05, 0) is 10.8 Å². The first kappa shape index (κ1) is 8.90. The number of nitrogens with two attached hydrogens (primary N) is 1. The van der Waals surface area contributed by atoms with Crippen molar-refractivity contribution in [1.82, 2.24) is 4.98 Å². The summed E-state index contributed by atoms with van der Waals surface area (Å²) in [6.07, 6.45) is 1.77. The number of nitrogens with one attached hydrogen (secondary N) is 1. The highest BCUT2D eigenvalue weighted by molar-refractivity contribution is 7.71. The molecule has 0 radical (unpaired) electrons. The van der Waals surface area contributed by atoms with Crippen LogP contribution in [-0.4, -0.2) is 10.9 Å². The highest BCUT2D eigenvalue weighted by atomic mass is 32.1. The zero-order valence-corrected chi connectivity index (χ0v) is 8.10. The molecule has 0 unspecified atom stereocenters. The number of H-pyrrole nitrogens is 1. The third-order valence-corrected chi connectivity index (χ3v) is 2.38. The van der Waals surface area contributed by atoms with Crippen molar-refractivity contribution in [2.75, 3.05) is 0 Å². The normalized spacial score (nSPS) is 10.3. The zero-order valence-electron chi connectivity index (χ0n) is 7.28. The lowest BCUT2D eigenvalue weighted by atomic mass is 10.1. The average Bonchev–Trinajstić information content (AvgIpc) is 2.17. The van der Waals surface area contributed by atoms with E-state index in [0.717, 1.165) is 10.8 Å². The number of aromatic nitrogens is 1. The van der Waals surface area contributed by atoms with E-state index in [1.807, 2.05) is 24.3 Å². The summed E-state index contributed by atoms with van der Waals surface area (Å²) in [5.41, 5.74) is 5.64. The molecule has 2 rings (SSSR count). The van der Waals surface area contributed by atoms with E-state index < -0.39 is 5.91 Å². The molecule has 3 N–H and O–H groups in total. The summed E-state index contributed by atoms with van der Waals surface area (Å²) in [6.45, 7) is 0. The van der Waals surface area contributed by atoms with E-state index in [9.17, 15) is 4.79 Å². The number of benzene rings is 1. The Morgan fingerprint density at radius 3 is 2.79 bits per heavy atom. The maximum absolute atomic E-state index is 11.2. The van der Waals surface area contributed by atoms with Crippen LogP contribution >= 0.6 is 12.2 Å². The van der Waals surface area contributed by atoms with Crippen molar-refractivity contribution in [2.24, 2.45) is 5.73 Å². The quantitative estimate of drug-likeness (QED) is 0.698. The Morgan fingerprint density at radius 1 is 1.36 bits per heavy atom. The van der Waals surface area contributed by atoms with E-state index in [1.165, 1.54) is 0 Å². The van der Waals surface area contributed by atoms with Gasteiger partial charge in [-0.3, -0.25) is 4.79 Å². The zero-order chi connectivity index (χ0) is 10.1. The lowest BCUT2D eigenvalue weighted by molar-refractivity contribution is 0.100. The molecular weight excluding hydrogens is 196 g/mol. The first-order chi connectivity index (χ1) is 6.70. The number of carbonyl (C=O) groups excluding carboxylic acids is 1. The Kier molecular flexibility index (Phi) is 2.05. The molecule has 0 bridgehead atoms. The van der Waals surface area contributed by atoms with Crippen molar-refractivity contribution in [3.8, 4) is 0 Å². The Labute approximate surface area is 85.6 Å². The molecular formula is C10H8N2OS. The molecule has 0 aliphatic heterocycles. The minimum Gasteiger partial charge on any atom is -0.365 e. The fourth-order valence-electron chi connectivity index (χ4n) is 1.43. The smallest absolute Gasteiger partial charge is 0.252 e. The van der Waals surface area contributed by atoms with Crippen LogP contribution in [0.4, 0.5) is 0 Å². The number of pyridine rings is 1. The molecule has 14 heavy (non-hydrogen) atoms. The third kappa shape index (κ3) is 1.29. The Hall–Kier alpha value is -1.68. The number of primary amides is 1. The van der Waals surface area contributed by atoms with E-state index in [2.05, 4.69) is 4.98 Å². The standard InChI is InChI=1S/C10H8N2OS/c11-9(13)8-7-4-2-1-3-6(7)5-12-10(8)14/h1-5H,(H2,11,13)(H,12,14). The van der Waals surface area contributed by atoms with Crippen LogP contribution in [0.2, 0.25) is 0 Å². The van der Waals surface area contributed by atoms with Gasteiger partial charge in [0.25, 0.3) is 5.91 Å². The van der Waals surface area contributed by atoms with Crippen LogP contribution in [0.25, 0.3) is 10.8 Å². The van der Waals surface area contributed by atoms with E-state index in [-0.39, 0.29) is 0 Å². The van der Waals surface area contributed by atoms with Gasteiger partial charge in [0.2, 0.25) is 0 Å². The summed E-state index contributed by atoms with van der Waals surface area (Å²) in [5, 5.41) is 1.72. The molecule has 0 saturated heterocycles. The fourth-order valence-corrected chi connectivity index (χ4v) is 1.70. The maximum atomic E-state index is 11.2. The number of hydrogen-bond acceptors (Lipinski definition) is 2. The van der Waals surface area contributed by atoms with Gasteiger partial charge in [-0.25, -0.2) is 0 Å². The van der Waals surface area contributed by atoms with Crippen molar-refractivity contribution in [2.45, 2.75) is 0 Å². The summed E-state index contributed by atoms with van der Waals surface area (Å²) in [6, 6.07) is 7.47. The van der Waals surface area contributed by atoms with Crippen LogP contribution in [-0.2, 0) is 0 Å². The predicted molar refractivity (Wildman–Crippen MR) is 57.7 cm³/mol. The molecule has 1 aromatic carbocycles. The van der Waals surface area contributed by atoms with Crippen LogP contribution in [0.5, 0.6) is 0 Å². The van der Waals surface area contributed by atoms with Crippen molar-refractivity contribution in [3.05, 3.63) is 40.7 Å². The molecule has 70 valence electrons. The molecule has 3 nitrogen and oxygen atoms in total. The Balaban J connectivity index is 2.97. The number of hydrogen-bond donors (Lipinski definition) is 2. The molecule has 0 aliphatic carbocycles. The second-order valence-corrected chi connectivity index (χ2v) is 3.35. The molecule has 1 amide bonds. The van der Waals surface area contributed by atoms with Gasteiger partial charge >= 0.3 is 0 Å². The van der Waals surface area contributed by atoms with E-state index in [0.29, 0.717) is 10.2 Å². The molecule has 0 atom stereocenters. The number of fused-ring (bicyclic) bond motifs is 1. The minimum atomic E-state index is -0.497. The number of aromatic amines is 1. The number of rotatable bonds is 1. The second-order valence-electron chi connectivity index (χ2n) is 2.94. The lowest BCUT2D eigenvalue weighted by Gasteiger charge is -2.02. The van der Waals surface area contributed by atoms with E-state index in [1.54, 1.807) is 6.20 Å². The largest absolute Gasteiger partial charge is 0.365 e. The fraction of sp³-hybridized carbons (Fsp3) is 0. The highest BCUT2D eigenvalue weighted by Gasteiger charge is 2.07. The summed E-state index contributed by atoms with van der Waals surface area (Å²) < 4.78 is 0.385. The van der Waals surface area contributed by atoms with Gasteiger partial charge in [0.15, 0.2) is 0 Å². The lowest BCUT2D eigenvalue weighted by Crippen LogP contribution is -2.12. The minimum absolute atomic E-state index is 0.385. The molecule has 0 fully saturated rings. The molecule has 1 heterocycles. The molecule has 0 aliphatic rings. The molecule has 4 heteroatoms. The summed E-state index contributed by atoms with van der Waals surface area (Å²) in [5.74, 6) is -0.497. The van der Waals surface area contributed by atoms with Crippen molar-refractivity contribution < 1.29 is 4.79 Å². The molecule has 0 spiro atoms. The third-order valence-electron chi connectivity index (χ3n) is 2.06. The summed E-state index contributed by atoms with van der Waals surface area (Å²) >= 11 is 5.00. The SMILES string of the molecule is NC(=O)c1c(=S)[nH]cc2ccccc12. The van der Waals surface area contributed by atoms with Crippen LogP contribution in [0.1, 0.15) is 10.4 Å². The topological polar surface area (TPSA) is 58.9 Å². The van der Waals surface area contributed by atoms with Gasteiger partial charge in [-0.1, -0.05) is 36.5 Å². The van der Waals surface area contributed by atoms with Gasteiger partial charge in [-0.15, -0.1) is 0 Å². The van der Waals surface area contributed by atoms with Crippen molar-refractivity contribution in [1.29, 1.82) is 0 Å². The monoisotopic (exact) mass is 204 g/mol. The predicted octanol–water partition coefficient (Wildman–Crippen LogP) is 2.00. The van der Waals surface area contributed by atoms with Gasteiger partial charge < -0.3 is 10.7 Å². The van der Waals surface area contributed by atoms with Crippen LogP contribution in [0, 0.1) is 4.64 Å². The van der Waals surface area contributed by atoms with Crippen molar-refractivity contribution >= 4 is 28.9 Å². The number of amides is 1. The second kappa shape index (κ2) is 3.23. The van der Waals surface area contributed by atoms with Gasteiger partial charge in [0, 0.05) is 6.20 Å². The first-order valence-corrected chi connectivity index (χ1v) is 4.51. The first-order valence-electron chi connectivity index (χ1n) is 4.10. The Morgan fingerprint density at radius 2 is 2.07 bits per heavy atom. The maximum Gasteiger partial charge on any atom is 0.252 e. The summed E-state index contributed by atoms with van der Waals surface area (Å²) in [7, 11) is 0. The average molecular weight is 204 g/mol. The van der Waals surface area contributed by atoms with E-state index in [4.69, 9.17) is 18.0 Å². The van der Waals surface area contributed by atoms with Crippen LogP contribution < -0.4 is 5.73 Å². The Bertz CT molecular complexity index is 559. The van der Waals surface area contributed by atoms with Gasteiger partial charge in [0.05, 0.1) is 5.56 Å². The van der Waals surface area contributed by atoms with Crippen LogP contribution in [0.15, 0.2) is 30.5 Å². The van der Waals surface area contributed by atoms with E-state index >= 15 is 0 Å².